The number of rotatable bonds is 4. The van der Waals surface area contributed by atoms with Crippen molar-refractivity contribution in [3.63, 3.8) is 0 Å². The Hall–Kier alpha value is -4.58. The molecule has 1 atom stereocenters. The predicted octanol–water partition coefficient (Wildman–Crippen LogP) is 3.87. The molecule has 0 bridgehead atoms. The molecule has 0 aliphatic carbocycles. The summed E-state index contributed by atoms with van der Waals surface area (Å²) in [6, 6.07) is 11.4. The molecule has 12 heteroatoms. The number of hydrogen-bond donors (Lipinski definition) is 3. The number of nitrogen functional groups attached to an aromatic ring is 1. The molecule has 0 radical (unpaired) electrons. The van der Waals surface area contributed by atoms with Gasteiger partial charge in [-0.3, -0.25) is 14.8 Å². The summed E-state index contributed by atoms with van der Waals surface area (Å²) in [4.78, 5) is 29.0. The van der Waals surface area contributed by atoms with Crippen LogP contribution in [0.2, 0.25) is 0 Å². The maximum Gasteiger partial charge on any atom is 0.416 e. The molecule has 176 valence electrons. The Kier molecular flexibility index (Phi) is 5.49. The fourth-order valence-corrected chi connectivity index (χ4v) is 3.72. The number of aromatic nitrogens is 4. The fraction of sp³-hybridized carbons (Fsp3) is 0.0870. The zero-order chi connectivity index (χ0) is 24.6. The number of benzene rings is 1. The SMILES string of the molecule is Nc1ncnc2c1C(c1ccc(C(=O)Nc3cc(C(F)(F)F)ccn3)cc1)NN2c1cccnc1. The van der Waals surface area contributed by atoms with E-state index in [0.717, 1.165) is 29.6 Å². The topological polar surface area (TPSA) is 122 Å². The van der Waals surface area contributed by atoms with Crippen LogP contribution in [0.3, 0.4) is 0 Å². The van der Waals surface area contributed by atoms with Gasteiger partial charge >= 0.3 is 6.18 Å². The highest BCUT2D eigenvalue weighted by molar-refractivity contribution is 6.03. The number of halogens is 3. The Labute approximate surface area is 196 Å². The number of carbonyl (C=O) groups excluding carboxylic acids is 1. The summed E-state index contributed by atoms with van der Waals surface area (Å²) in [5.41, 5.74) is 11.0. The van der Waals surface area contributed by atoms with Gasteiger partial charge in [0.25, 0.3) is 5.91 Å². The Balaban J connectivity index is 1.39. The number of amides is 1. The summed E-state index contributed by atoms with van der Waals surface area (Å²) in [5, 5.41) is 4.15. The highest BCUT2D eigenvalue weighted by atomic mass is 19.4. The second-order valence-corrected chi connectivity index (χ2v) is 7.61. The normalized spacial score (nSPS) is 15.1. The molecule has 35 heavy (non-hydrogen) atoms. The summed E-state index contributed by atoms with van der Waals surface area (Å²) in [6.45, 7) is 0. The lowest BCUT2D eigenvalue weighted by molar-refractivity contribution is -0.137. The summed E-state index contributed by atoms with van der Waals surface area (Å²) >= 11 is 0. The molecule has 1 aliphatic rings. The second kappa shape index (κ2) is 8.65. The van der Waals surface area contributed by atoms with Gasteiger partial charge < -0.3 is 11.1 Å². The van der Waals surface area contributed by atoms with Crippen LogP contribution >= 0.6 is 0 Å². The number of nitrogens with two attached hydrogens (primary N) is 1. The molecule has 3 aromatic heterocycles. The van der Waals surface area contributed by atoms with Crippen LogP contribution in [-0.4, -0.2) is 25.8 Å². The highest BCUT2D eigenvalue weighted by Gasteiger charge is 2.34. The molecule has 4 heterocycles. The van der Waals surface area contributed by atoms with Crippen LogP contribution in [0.4, 0.5) is 36.3 Å². The van der Waals surface area contributed by atoms with E-state index in [9.17, 15) is 18.0 Å². The molecule has 9 nitrogen and oxygen atoms in total. The van der Waals surface area contributed by atoms with E-state index in [-0.39, 0.29) is 11.4 Å². The number of hydrogen-bond acceptors (Lipinski definition) is 8. The van der Waals surface area contributed by atoms with Gasteiger partial charge in [0, 0.05) is 18.0 Å². The van der Waals surface area contributed by atoms with Crippen molar-refractivity contribution in [1.29, 1.82) is 0 Å². The number of anilines is 4. The van der Waals surface area contributed by atoms with Crippen LogP contribution < -0.4 is 21.5 Å². The maximum atomic E-state index is 12.9. The molecule has 4 N–H and O–H groups in total. The van der Waals surface area contributed by atoms with Crippen LogP contribution in [0.1, 0.15) is 33.1 Å². The standard InChI is InChI=1S/C23H17F3N8O/c24-23(25,26)15-7-9-29-17(10-15)32-22(35)14-5-3-13(4-6-14)19-18-20(27)30-12-31-21(18)34(33-19)16-2-1-8-28-11-16/h1-12,19,33H,(H2,27,30,31)(H,29,32,35). The van der Waals surface area contributed by atoms with Crippen molar-refractivity contribution in [2.45, 2.75) is 12.2 Å². The lowest BCUT2D eigenvalue weighted by Gasteiger charge is -2.19. The summed E-state index contributed by atoms with van der Waals surface area (Å²) < 4.78 is 38.8. The second-order valence-electron chi connectivity index (χ2n) is 7.61. The Morgan fingerprint density at radius 1 is 1.06 bits per heavy atom. The number of carbonyl (C=O) groups is 1. The van der Waals surface area contributed by atoms with Crippen LogP contribution in [0.25, 0.3) is 0 Å². The van der Waals surface area contributed by atoms with E-state index in [4.69, 9.17) is 5.73 Å². The molecule has 1 aromatic carbocycles. The van der Waals surface area contributed by atoms with E-state index in [1.165, 1.54) is 6.33 Å². The first-order chi connectivity index (χ1) is 16.8. The fourth-order valence-electron chi connectivity index (χ4n) is 3.72. The molecule has 0 saturated heterocycles. The van der Waals surface area contributed by atoms with Gasteiger partial charge in [-0.15, -0.1) is 0 Å². The number of alkyl halides is 3. The van der Waals surface area contributed by atoms with E-state index in [1.54, 1.807) is 47.7 Å². The third kappa shape index (κ3) is 4.34. The first kappa shape index (κ1) is 22.2. The van der Waals surface area contributed by atoms with Gasteiger partial charge in [-0.1, -0.05) is 12.1 Å². The number of pyridine rings is 2. The van der Waals surface area contributed by atoms with Crippen molar-refractivity contribution in [2.24, 2.45) is 0 Å². The molecule has 1 amide bonds. The molecular weight excluding hydrogens is 461 g/mol. The minimum Gasteiger partial charge on any atom is -0.383 e. The quantitative estimate of drug-likeness (QED) is 0.404. The van der Waals surface area contributed by atoms with Gasteiger partial charge in [-0.25, -0.2) is 20.4 Å². The first-order valence-electron chi connectivity index (χ1n) is 10.3. The van der Waals surface area contributed by atoms with E-state index < -0.39 is 23.7 Å². The lowest BCUT2D eigenvalue weighted by atomic mass is 10.00. The van der Waals surface area contributed by atoms with Crippen molar-refractivity contribution in [3.05, 3.63) is 95.7 Å². The van der Waals surface area contributed by atoms with Gasteiger partial charge in [-0.05, 0) is 42.0 Å². The third-order valence-corrected chi connectivity index (χ3v) is 5.39. The van der Waals surface area contributed by atoms with Gasteiger partial charge in [0.1, 0.15) is 18.0 Å². The van der Waals surface area contributed by atoms with Crippen LogP contribution in [0.15, 0.2) is 73.4 Å². The van der Waals surface area contributed by atoms with E-state index in [0.29, 0.717) is 17.2 Å². The minimum atomic E-state index is -4.54. The average molecular weight is 478 g/mol. The predicted molar refractivity (Wildman–Crippen MR) is 121 cm³/mol. The summed E-state index contributed by atoms with van der Waals surface area (Å²) in [5.74, 6) is 0.0876. The molecular formula is C23H17F3N8O. The Morgan fingerprint density at radius 3 is 2.57 bits per heavy atom. The zero-order valence-corrected chi connectivity index (χ0v) is 17.9. The van der Waals surface area contributed by atoms with Crippen molar-refractivity contribution in [2.75, 3.05) is 16.1 Å². The smallest absolute Gasteiger partial charge is 0.383 e. The van der Waals surface area contributed by atoms with Crippen molar-refractivity contribution in [1.82, 2.24) is 25.4 Å². The van der Waals surface area contributed by atoms with Gasteiger partial charge in [-0.2, -0.15) is 13.2 Å². The largest absolute Gasteiger partial charge is 0.416 e. The van der Waals surface area contributed by atoms with Gasteiger partial charge in [0.15, 0.2) is 5.82 Å². The summed E-state index contributed by atoms with van der Waals surface area (Å²) in [6.07, 6.45) is 1.16. The Bertz CT molecular complexity index is 1380. The minimum absolute atomic E-state index is 0.197. The molecule has 0 saturated carbocycles. The van der Waals surface area contributed by atoms with Gasteiger partial charge in [0.05, 0.1) is 29.1 Å². The summed E-state index contributed by atoms with van der Waals surface area (Å²) in [7, 11) is 0. The van der Waals surface area contributed by atoms with E-state index in [2.05, 4.69) is 30.7 Å². The van der Waals surface area contributed by atoms with Crippen LogP contribution in [0, 0.1) is 0 Å². The van der Waals surface area contributed by atoms with Crippen LogP contribution in [0.5, 0.6) is 0 Å². The molecule has 5 rings (SSSR count). The molecule has 0 spiro atoms. The lowest BCUT2D eigenvalue weighted by Crippen LogP contribution is -2.31. The maximum absolute atomic E-state index is 12.9. The number of fused-ring (bicyclic) bond motifs is 1. The number of nitrogens with zero attached hydrogens (tertiary/aromatic N) is 5. The first-order valence-corrected chi connectivity index (χ1v) is 10.3. The van der Waals surface area contributed by atoms with Crippen LogP contribution in [-0.2, 0) is 6.18 Å². The third-order valence-electron chi connectivity index (χ3n) is 5.39. The molecule has 1 unspecified atom stereocenters. The zero-order valence-electron chi connectivity index (χ0n) is 17.9. The molecule has 4 aromatic rings. The molecule has 0 fully saturated rings. The highest BCUT2D eigenvalue weighted by Crippen LogP contribution is 2.41. The van der Waals surface area contributed by atoms with E-state index in [1.807, 2.05) is 6.07 Å². The number of hydrazine groups is 1. The van der Waals surface area contributed by atoms with Crippen molar-refractivity contribution >= 4 is 29.0 Å². The van der Waals surface area contributed by atoms with Crippen molar-refractivity contribution < 1.29 is 18.0 Å². The molecule has 1 aliphatic heterocycles. The average Bonchev–Trinajstić information content (AvgIpc) is 3.25. The Morgan fingerprint density at radius 2 is 1.86 bits per heavy atom. The van der Waals surface area contributed by atoms with Crippen molar-refractivity contribution in [3.8, 4) is 0 Å². The monoisotopic (exact) mass is 478 g/mol. The van der Waals surface area contributed by atoms with E-state index >= 15 is 0 Å². The number of nitrogens with one attached hydrogen (secondary N) is 2. The van der Waals surface area contributed by atoms with Gasteiger partial charge in [0.2, 0.25) is 0 Å².